The van der Waals surface area contributed by atoms with Gasteiger partial charge in [0.25, 0.3) is 0 Å². The molecule has 2 aromatic rings. The van der Waals surface area contributed by atoms with Gasteiger partial charge in [0.05, 0.1) is 6.04 Å². The van der Waals surface area contributed by atoms with Crippen LogP contribution in [0, 0.1) is 6.92 Å². The smallest absolute Gasteiger partial charge is 0.191 e. The van der Waals surface area contributed by atoms with Crippen molar-refractivity contribution in [3.63, 3.8) is 0 Å². The number of tetrazole rings is 1. The van der Waals surface area contributed by atoms with Gasteiger partial charge in [0.1, 0.15) is 0 Å². The number of nitrogens with zero attached hydrogens (tertiary/aromatic N) is 3. The van der Waals surface area contributed by atoms with E-state index in [9.17, 15) is 0 Å². The normalized spacial score (nSPS) is 19.8. The highest BCUT2D eigenvalue weighted by molar-refractivity contribution is 5.37. The van der Waals surface area contributed by atoms with Crippen molar-refractivity contribution in [3.8, 4) is 0 Å². The van der Waals surface area contributed by atoms with Crippen molar-refractivity contribution in [3.05, 3.63) is 40.7 Å². The van der Waals surface area contributed by atoms with Crippen molar-refractivity contribution in [2.75, 3.05) is 0 Å². The van der Waals surface area contributed by atoms with E-state index in [4.69, 9.17) is 0 Å². The molecule has 0 bridgehead atoms. The van der Waals surface area contributed by atoms with Crippen LogP contribution in [-0.2, 0) is 6.42 Å². The Kier molecular flexibility index (Phi) is 2.83. The summed E-state index contributed by atoms with van der Waals surface area (Å²) in [7, 11) is 0. The monoisotopic (exact) mass is 243 g/mol. The van der Waals surface area contributed by atoms with E-state index in [1.54, 1.807) is 0 Å². The minimum Gasteiger partial charge on any atom is -0.300 e. The van der Waals surface area contributed by atoms with Gasteiger partial charge < -0.3 is 5.32 Å². The molecule has 2 atom stereocenters. The van der Waals surface area contributed by atoms with Crippen molar-refractivity contribution < 1.29 is 0 Å². The number of benzene rings is 1. The highest BCUT2D eigenvalue weighted by Gasteiger charge is 2.24. The maximum atomic E-state index is 4.02. The van der Waals surface area contributed by atoms with Crippen LogP contribution in [0.1, 0.15) is 47.9 Å². The Hall–Kier alpha value is -1.75. The minimum atomic E-state index is 0.111. The van der Waals surface area contributed by atoms with Crippen LogP contribution in [0.3, 0.4) is 0 Å². The molecule has 2 unspecified atom stereocenters. The average Bonchev–Trinajstić information content (AvgIpc) is 2.99. The fourth-order valence-electron chi connectivity index (χ4n) is 2.62. The van der Waals surface area contributed by atoms with Crippen LogP contribution in [0.4, 0.5) is 0 Å². The van der Waals surface area contributed by atoms with Gasteiger partial charge in [-0.3, -0.25) is 0 Å². The Labute approximate surface area is 106 Å². The molecule has 94 valence electrons. The van der Waals surface area contributed by atoms with Crippen molar-refractivity contribution in [1.29, 1.82) is 0 Å². The molecule has 18 heavy (non-hydrogen) atoms. The van der Waals surface area contributed by atoms with E-state index in [0.29, 0.717) is 6.04 Å². The first-order valence-corrected chi connectivity index (χ1v) is 6.33. The third-order valence-electron chi connectivity index (χ3n) is 3.58. The zero-order valence-corrected chi connectivity index (χ0v) is 10.6. The Morgan fingerprint density at radius 1 is 1.44 bits per heavy atom. The van der Waals surface area contributed by atoms with E-state index in [0.717, 1.165) is 18.7 Å². The third kappa shape index (κ3) is 2.01. The number of fused-ring (bicyclic) bond motifs is 1. The molecule has 0 amide bonds. The molecule has 0 spiro atoms. The summed E-state index contributed by atoms with van der Waals surface area (Å²) in [6.07, 6.45) is 2.28. The van der Waals surface area contributed by atoms with Gasteiger partial charge in [0.15, 0.2) is 5.82 Å². The predicted molar refractivity (Wildman–Crippen MR) is 68.0 cm³/mol. The first-order chi connectivity index (χ1) is 8.74. The van der Waals surface area contributed by atoms with Crippen LogP contribution in [0.15, 0.2) is 18.2 Å². The number of aryl methyl sites for hydroxylation is 2. The summed E-state index contributed by atoms with van der Waals surface area (Å²) in [5.74, 6) is 0.719. The standard InChI is InChI=1S/C13H17N5/c1-8-3-4-10-5-6-12(11(10)7-8)14-9(2)13-15-17-18-16-13/h3-4,7,9,12,14H,5-6H2,1-2H3,(H,15,16,17,18). The first-order valence-electron chi connectivity index (χ1n) is 6.33. The van der Waals surface area contributed by atoms with Crippen molar-refractivity contribution in [2.45, 2.75) is 38.8 Å². The predicted octanol–water partition coefficient (Wildman–Crippen LogP) is 1.85. The molecule has 5 heteroatoms. The maximum absolute atomic E-state index is 4.02. The minimum absolute atomic E-state index is 0.111. The van der Waals surface area contributed by atoms with Gasteiger partial charge in [-0.25, -0.2) is 0 Å². The summed E-state index contributed by atoms with van der Waals surface area (Å²) in [6.45, 7) is 4.21. The topological polar surface area (TPSA) is 66.5 Å². The summed E-state index contributed by atoms with van der Waals surface area (Å²) in [4.78, 5) is 0. The largest absolute Gasteiger partial charge is 0.300 e. The highest BCUT2D eigenvalue weighted by atomic mass is 15.5. The number of nitrogens with one attached hydrogen (secondary N) is 2. The molecule has 0 saturated carbocycles. The summed E-state index contributed by atoms with van der Waals surface area (Å²) in [5.41, 5.74) is 4.19. The summed E-state index contributed by atoms with van der Waals surface area (Å²) in [5, 5.41) is 17.7. The molecule has 0 radical (unpaired) electrons. The third-order valence-corrected chi connectivity index (χ3v) is 3.58. The van der Waals surface area contributed by atoms with Gasteiger partial charge >= 0.3 is 0 Å². The molecule has 2 N–H and O–H groups in total. The maximum Gasteiger partial charge on any atom is 0.191 e. The summed E-state index contributed by atoms with van der Waals surface area (Å²) >= 11 is 0. The number of aromatic nitrogens is 4. The van der Waals surface area contributed by atoms with Crippen LogP contribution in [0.2, 0.25) is 0 Å². The Balaban J connectivity index is 1.78. The fraction of sp³-hybridized carbons (Fsp3) is 0.462. The van der Waals surface area contributed by atoms with Crippen LogP contribution < -0.4 is 5.32 Å². The second-order valence-electron chi connectivity index (χ2n) is 4.95. The number of H-pyrrole nitrogens is 1. The first kappa shape index (κ1) is 11.3. The van der Waals surface area contributed by atoms with E-state index < -0.39 is 0 Å². The molecule has 1 aliphatic rings. The van der Waals surface area contributed by atoms with Crippen molar-refractivity contribution in [2.24, 2.45) is 0 Å². The highest BCUT2D eigenvalue weighted by Crippen LogP contribution is 2.33. The lowest BCUT2D eigenvalue weighted by Gasteiger charge is -2.18. The fourth-order valence-corrected chi connectivity index (χ4v) is 2.62. The van der Waals surface area contributed by atoms with Gasteiger partial charge in [-0.05, 0) is 37.8 Å². The van der Waals surface area contributed by atoms with Crippen molar-refractivity contribution in [1.82, 2.24) is 25.9 Å². The second kappa shape index (κ2) is 4.49. The van der Waals surface area contributed by atoms with E-state index in [2.05, 4.69) is 58.0 Å². The van der Waals surface area contributed by atoms with Gasteiger partial charge in [-0.15, -0.1) is 10.2 Å². The lowest BCUT2D eigenvalue weighted by molar-refractivity contribution is 0.450. The molecule has 3 rings (SSSR count). The van der Waals surface area contributed by atoms with Gasteiger partial charge in [0, 0.05) is 6.04 Å². The van der Waals surface area contributed by atoms with Gasteiger partial charge in [0.2, 0.25) is 0 Å². The average molecular weight is 243 g/mol. The number of aromatic amines is 1. The Morgan fingerprint density at radius 3 is 3.11 bits per heavy atom. The molecule has 1 heterocycles. The zero-order valence-electron chi connectivity index (χ0n) is 10.6. The van der Waals surface area contributed by atoms with Gasteiger partial charge in [-0.1, -0.05) is 29.0 Å². The van der Waals surface area contributed by atoms with Crippen LogP contribution in [0.25, 0.3) is 0 Å². The molecule has 5 nitrogen and oxygen atoms in total. The van der Waals surface area contributed by atoms with Crippen molar-refractivity contribution >= 4 is 0 Å². The summed E-state index contributed by atoms with van der Waals surface area (Å²) in [6, 6.07) is 7.21. The number of rotatable bonds is 3. The molecule has 1 aliphatic carbocycles. The molecular weight excluding hydrogens is 226 g/mol. The number of hydrogen-bond donors (Lipinski definition) is 2. The van der Waals surface area contributed by atoms with Crippen LogP contribution >= 0.6 is 0 Å². The lowest BCUT2D eigenvalue weighted by Crippen LogP contribution is -2.24. The van der Waals surface area contributed by atoms with Gasteiger partial charge in [-0.2, -0.15) is 5.21 Å². The molecular formula is C13H17N5. The molecule has 1 aromatic carbocycles. The summed E-state index contributed by atoms with van der Waals surface area (Å²) < 4.78 is 0. The van der Waals surface area contributed by atoms with Crippen LogP contribution in [-0.4, -0.2) is 20.6 Å². The van der Waals surface area contributed by atoms with E-state index in [1.165, 1.54) is 16.7 Å². The quantitative estimate of drug-likeness (QED) is 0.863. The van der Waals surface area contributed by atoms with E-state index in [1.807, 2.05) is 0 Å². The van der Waals surface area contributed by atoms with Crippen LogP contribution in [0.5, 0.6) is 0 Å². The SMILES string of the molecule is Cc1ccc2c(c1)C(NC(C)c1nn[nH]n1)CC2. The van der Waals surface area contributed by atoms with E-state index in [-0.39, 0.29) is 6.04 Å². The second-order valence-corrected chi connectivity index (χ2v) is 4.95. The lowest BCUT2D eigenvalue weighted by atomic mass is 10.0. The molecule has 1 aromatic heterocycles. The van der Waals surface area contributed by atoms with E-state index >= 15 is 0 Å². The molecule has 0 saturated heterocycles. The Morgan fingerprint density at radius 2 is 2.33 bits per heavy atom. The Bertz CT molecular complexity index is 534. The molecule has 0 aliphatic heterocycles. The molecule has 0 fully saturated rings. The number of hydrogen-bond acceptors (Lipinski definition) is 4. The zero-order chi connectivity index (χ0) is 12.5.